The fraction of sp³-hybridized carbons (Fsp3) is 0.200. The van der Waals surface area contributed by atoms with Crippen LogP contribution >= 0.6 is 11.6 Å². The van der Waals surface area contributed by atoms with E-state index < -0.39 is 15.9 Å². The summed E-state index contributed by atoms with van der Waals surface area (Å²) in [6.45, 7) is 0.402. The zero-order valence-corrected chi connectivity index (χ0v) is 16.9. The lowest BCUT2D eigenvalue weighted by molar-refractivity contribution is -0.116. The summed E-state index contributed by atoms with van der Waals surface area (Å²) in [6.07, 6.45) is 2.45. The standard InChI is InChI=1S/C20H18ClN3O4S/c21-16-6-5-13(11-18(16)24-19(25)8-10-29(24,27)28)20(26)22-9-7-14-12-23-17-4-2-1-3-15(14)17/h1-6,11-12,23H,7-10H2,(H,22,26). The maximum atomic E-state index is 12.5. The predicted molar refractivity (Wildman–Crippen MR) is 112 cm³/mol. The zero-order valence-electron chi connectivity index (χ0n) is 15.3. The van der Waals surface area contributed by atoms with Crippen molar-refractivity contribution in [3.8, 4) is 0 Å². The number of hydrogen-bond donors (Lipinski definition) is 2. The number of halogens is 1. The van der Waals surface area contributed by atoms with Gasteiger partial charge in [0.2, 0.25) is 15.9 Å². The summed E-state index contributed by atoms with van der Waals surface area (Å²) < 4.78 is 25.0. The summed E-state index contributed by atoms with van der Waals surface area (Å²) in [5.74, 6) is -1.18. The maximum absolute atomic E-state index is 12.5. The molecular formula is C20H18ClN3O4S. The highest BCUT2D eigenvalue weighted by atomic mass is 35.5. The Morgan fingerprint density at radius 2 is 2.00 bits per heavy atom. The summed E-state index contributed by atoms with van der Waals surface area (Å²) in [5, 5.41) is 4.02. The Morgan fingerprint density at radius 1 is 1.21 bits per heavy atom. The smallest absolute Gasteiger partial charge is 0.251 e. The first-order valence-electron chi connectivity index (χ1n) is 9.05. The molecule has 1 fully saturated rings. The molecule has 2 heterocycles. The van der Waals surface area contributed by atoms with Gasteiger partial charge in [-0.15, -0.1) is 0 Å². The monoisotopic (exact) mass is 431 g/mol. The quantitative estimate of drug-likeness (QED) is 0.648. The highest BCUT2D eigenvalue weighted by Gasteiger charge is 2.37. The molecule has 9 heteroatoms. The van der Waals surface area contributed by atoms with Crippen LogP contribution < -0.4 is 9.62 Å². The van der Waals surface area contributed by atoms with Gasteiger partial charge in [-0.2, -0.15) is 0 Å². The van der Waals surface area contributed by atoms with E-state index in [1.165, 1.54) is 18.2 Å². The molecule has 1 aliphatic heterocycles. The number of rotatable bonds is 5. The molecule has 2 aromatic carbocycles. The molecule has 2 N–H and O–H groups in total. The number of aromatic amines is 1. The van der Waals surface area contributed by atoms with Crippen molar-refractivity contribution in [2.24, 2.45) is 0 Å². The molecule has 4 rings (SSSR count). The number of sulfonamides is 1. The third-order valence-corrected chi connectivity index (χ3v) is 6.86. The fourth-order valence-electron chi connectivity index (χ4n) is 3.41. The Kier molecular flexibility index (Phi) is 5.06. The van der Waals surface area contributed by atoms with Crippen molar-refractivity contribution >= 4 is 50.0 Å². The SMILES string of the molecule is O=C(NCCc1c[nH]c2ccccc12)c1ccc(Cl)c(N2C(=O)CCS2(=O)=O)c1. The van der Waals surface area contributed by atoms with Crippen LogP contribution in [0.3, 0.4) is 0 Å². The second-order valence-corrected chi connectivity index (χ2v) is 9.10. The van der Waals surface area contributed by atoms with E-state index >= 15 is 0 Å². The van der Waals surface area contributed by atoms with Gasteiger partial charge in [0.05, 0.1) is 16.5 Å². The van der Waals surface area contributed by atoms with E-state index in [2.05, 4.69) is 10.3 Å². The molecule has 29 heavy (non-hydrogen) atoms. The third-order valence-electron chi connectivity index (χ3n) is 4.86. The number of aromatic nitrogens is 1. The van der Waals surface area contributed by atoms with Crippen molar-refractivity contribution in [2.45, 2.75) is 12.8 Å². The Hall–Kier alpha value is -2.84. The number of carbonyl (C=O) groups excluding carboxylic acids is 2. The number of carbonyl (C=O) groups is 2. The lowest BCUT2D eigenvalue weighted by atomic mass is 10.1. The van der Waals surface area contributed by atoms with Crippen LogP contribution in [0, 0.1) is 0 Å². The zero-order chi connectivity index (χ0) is 20.6. The van der Waals surface area contributed by atoms with E-state index in [1.54, 1.807) is 0 Å². The molecule has 7 nitrogen and oxygen atoms in total. The number of para-hydroxylation sites is 1. The van der Waals surface area contributed by atoms with Crippen molar-refractivity contribution < 1.29 is 18.0 Å². The summed E-state index contributed by atoms with van der Waals surface area (Å²) in [5.41, 5.74) is 2.37. The first kappa shape index (κ1) is 19.5. The van der Waals surface area contributed by atoms with E-state index in [4.69, 9.17) is 11.6 Å². The van der Waals surface area contributed by atoms with Crippen molar-refractivity contribution in [1.82, 2.24) is 10.3 Å². The van der Waals surface area contributed by atoms with Crippen LogP contribution in [-0.4, -0.2) is 37.5 Å². The molecule has 1 aliphatic rings. The van der Waals surface area contributed by atoms with Gasteiger partial charge >= 0.3 is 0 Å². The number of H-pyrrole nitrogens is 1. The lowest BCUT2D eigenvalue weighted by Gasteiger charge is -2.17. The molecule has 0 saturated carbocycles. The number of nitrogens with zero attached hydrogens (tertiary/aromatic N) is 1. The van der Waals surface area contributed by atoms with Crippen LogP contribution in [0.2, 0.25) is 5.02 Å². The number of amides is 2. The first-order chi connectivity index (χ1) is 13.9. The van der Waals surface area contributed by atoms with Gasteiger partial charge < -0.3 is 10.3 Å². The van der Waals surface area contributed by atoms with Crippen LogP contribution in [-0.2, 0) is 21.2 Å². The molecular weight excluding hydrogens is 414 g/mol. The molecule has 150 valence electrons. The van der Waals surface area contributed by atoms with Gasteiger partial charge in [-0.05, 0) is 36.2 Å². The van der Waals surface area contributed by atoms with Gasteiger partial charge in [0.25, 0.3) is 5.91 Å². The molecule has 1 saturated heterocycles. The minimum Gasteiger partial charge on any atom is -0.361 e. The van der Waals surface area contributed by atoms with Gasteiger partial charge in [0.15, 0.2) is 0 Å². The van der Waals surface area contributed by atoms with E-state index in [0.717, 1.165) is 16.5 Å². The Morgan fingerprint density at radius 3 is 2.76 bits per heavy atom. The minimum atomic E-state index is -3.76. The van der Waals surface area contributed by atoms with Gasteiger partial charge in [-0.1, -0.05) is 29.8 Å². The number of fused-ring (bicyclic) bond motifs is 1. The van der Waals surface area contributed by atoms with Crippen LogP contribution in [0.25, 0.3) is 10.9 Å². The van der Waals surface area contributed by atoms with Gasteiger partial charge in [0.1, 0.15) is 0 Å². The lowest BCUT2D eigenvalue weighted by Crippen LogP contribution is -2.30. The first-order valence-corrected chi connectivity index (χ1v) is 11.0. The number of hydrogen-bond acceptors (Lipinski definition) is 4. The minimum absolute atomic E-state index is 0.0124. The van der Waals surface area contributed by atoms with Crippen LogP contribution in [0.1, 0.15) is 22.3 Å². The van der Waals surface area contributed by atoms with Crippen LogP contribution in [0.4, 0.5) is 5.69 Å². The summed E-state index contributed by atoms with van der Waals surface area (Å²) in [6, 6.07) is 12.2. The molecule has 0 atom stereocenters. The number of anilines is 1. The summed E-state index contributed by atoms with van der Waals surface area (Å²) in [4.78, 5) is 27.8. The largest absolute Gasteiger partial charge is 0.361 e. The van der Waals surface area contributed by atoms with Gasteiger partial charge in [-0.3, -0.25) is 9.59 Å². The molecule has 0 radical (unpaired) electrons. The Bertz CT molecular complexity index is 1220. The second-order valence-electron chi connectivity index (χ2n) is 6.76. The highest BCUT2D eigenvalue weighted by Crippen LogP contribution is 2.32. The molecule has 0 aliphatic carbocycles. The maximum Gasteiger partial charge on any atom is 0.251 e. The fourth-order valence-corrected chi connectivity index (χ4v) is 5.13. The molecule has 0 bridgehead atoms. The van der Waals surface area contributed by atoms with Crippen molar-refractivity contribution in [2.75, 3.05) is 16.6 Å². The predicted octanol–water partition coefficient (Wildman–Crippen LogP) is 2.86. The Balaban J connectivity index is 1.48. The van der Waals surface area contributed by atoms with E-state index in [0.29, 0.717) is 17.3 Å². The van der Waals surface area contributed by atoms with E-state index in [9.17, 15) is 18.0 Å². The average molecular weight is 432 g/mol. The molecule has 3 aromatic rings. The van der Waals surface area contributed by atoms with Crippen LogP contribution in [0.5, 0.6) is 0 Å². The summed E-state index contributed by atoms with van der Waals surface area (Å²) >= 11 is 6.11. The normalized spacial score (nSPS) is 15.8. The summed E-state index contributed by atoms with van der Waals surface area (Å²) in [7, 11) is -3.76. The highest BCUT2D eigenvalue weighted by molar-refractivity contribution is 7.94. The topological polar surface area (TPSA) is 99.3 Å². The number of nitrogens with one attached hydrogen (secondary N) is 2. The van der Waals surface area contributed by atoms with Crippen molar-refractivity contribution in [3.63, 3.8) is 0 Å². The molecule has 0 spiro atoms. The van der Waals surface area contributed by atoms with Gasteiger partial charge in [0, 0.05) is 35.6 Å². The van der Waals surface area contributed by atoms with Gasteiger partial charge in [-0.25, -0.2) is 12.7 Å². The second kappa shape index (κ2) is 7.53. The van der Waals surface area contributed by atoms with Crippen molar-refractivity contribution in [1.29, 1.82) is 0 Å². The van der Waals surface area contributed by atoms with Crippen LogP contribution in [0.15, 0.2) is 48.7 Å². The molecule has 1 aromatic heterocycles. The van der Waals surface area contributed by atoms with Crippen molar-refractivity contribution in [3.05, 3.63) is 64.8 Å². The van der Waals surface area contributed by atoms with E-state index in [1.807, 2.05) is 30.5 Å². The average Bonchev–Trinajstić information content (AvgIpc) is 3.22. The Labute approximate surface area is 172 Å². The third kappa shape index (κ3) is 3.73. The molecule has 2 amide bonds. The number of benzene rings is 2. The molecule has 0 unspecified atom stereocenters. The van der Waals surface area contributed by atoms with E-state index in [-0.39, 0.29) is 34.4 Å².